The average molecular weight is 251 g/mol. The van der Waals surface area contributed by atoms with Crippen molar-refractivity contribution in [3.8, 4) is 11.5 Å². The molecule has 0 aliphatic rings. The molecule has 4 nitrogen and oxygen atoms in total. The van der Waals surface area contributed by atoms with Gasteiger partial charge in [-0.15, -0.1) is 0 Å². The third-order valence-corrected chi connectivity index (χ3v) is 2.68. The summed E-state index contributed by atoms with van der Waals surface area (Å²) < 4.78 is 10.9. The maximum absolute atomic E-state index is 8.85. The molecule has 0 saturated carbocycles. The van der Waals surface area contributed by atoms with E-state index in [1.807, 2.05) is 18.2 Å². The van der Waals surface area contributed by atoms with E-state index in [1.54, 1.807) is 14.0 Å². The highest BCUT2D eigenvalue weighted by atomic mass is 16.5. The van der Waals surface area contributed by atoms with Crippen molar-refractivity contribution in [1.29, 1.82) is 0 Å². The van der Waals surface area contributed by atoms with Gasteiger partial charge in [-0.2, -0.15) is 0 Å². The second-order valence-corrected chi connectivity index (χ2v) is 4.58. The zero-order valence-electron chi connectivity index (χ0n) is 11.4. The fourth-order valence-electron chi connectivity index (χ4n) is 1.51. The minimum atomic E-state index is 0.525. The van der Waals surface area contributed by atoms with Gasteiger partial charge in [0.1, 0.15) is 11.5 Å². The molecule has 1 N–H and O–H groups in total. The molecule has 1 aromatic rings. The molecule has 0 atom stereocenters. The average Bonchev–Trinajstić information content (AvgIpc) is 2.37. The third kappa shape index (κ3) is 3.95. The van der Waals surface area contributed by atoms with E-state index < -0.39 is 0 Å². The zero-order chi connectivity index (χ0) is 13.5. The molecule has 0 amide bonds. The lowest BCUT2D eigenvalue weighted by Crippen LogP contribution is -2.06. The van der Waals surface area contributed by atoms with E-state index >= 15 is 0 Å². The van der Waals surface area contributed by atoms with Gasteiger partial charge in [-0.1, -0.05) is 19.0 Å². The summed E-state index contributed by atoms with van der Waals surface area (Å²) in [4.78, 5) is 0. The maximum atomic E-state index is 8.85. The fraction of sp³-hybridized carbons (Fsp3) is 0.500. The van der Waals surface area contributed by atoms with E-state index in [1.165, 1.54) is 0 Å². The Morgan fingerprint density at radius 3 is 2.67 bits per heavy atom. The van der Waals surface area contributed by atoms with Crippen molar-refractivity contribution < 1.29 is 14.7 Å². The Labute approximate surface area is 108 Å². The summed E-state index contributed by atoms with van der Waals surface area (Å²) in [6.07, 6.45) is 0.978. The number of rotatable bonds is 6. The quantitative estimate of drug-likeness (QED) is 0.479. The number of oxime groups is 1. The van der Waals surface area contributed by atoms with Crippen LogP contribution in [0.3, 0.4) is 0 Å². The van der Waals surface area contributed by atoms with Crippen LogP contribution in [-0.4, -0.2) is 24.6 Å². The Balaban J connectivity index is 2.90. The molecule has 0 aromatic heterocycles. The molecule has 0 spiro atoms. The minimum Gasteiger partial charge on any atom is -0.497 e. The molecule has 100 valence electrons. The lowest BCUT2D eigenvalue weighted by atomic mass is 10.1. The van der Waals surface area contributed by atoms with Crippen LogP contribution in [0.25, 0.3) is 0 Å². The predicted octanol–water partition coefficient (Wildman–Crippen LogP) is 3.32. The van der Waals surface area contributed by atoms with Crippen LogP contribution in [0, 0.1) is 5.92 Å². The molecular weight excluding hydrogens is 230 g/mol. The summed E-state index contributed by atoms with van der Waals surface area (Å²) >= 11 is 0. The van der Waals surface area contributed by atoms with E-state index in [0.717, 1.165) is 17.7 Å². The number of ether oxygens (including phenoxy) is 2. The van der Waals surface area contributed by atoms with Crippen molar-refractivity contribution in [3.63, 3.8) is 0 Å². The second-order valence-electron chi connectivity index (χ2n) is 4.58. The molecule has 4 heteroatoms. The predicted molar refractivity (Wildman–Crippen MR) is 71.9 cm³/mol. The Bertz CT molecular complexity index is 414. The number of benzene rings is 1. The van der Waals surface area contributed by atoms with Gasteiger partial charge < -0.3 is 14.7 Å². The van der Waals surface area contributed by atoms with Gasteiger partial charge in [0.25, 0.3) is 0 Å². The molecule has 18 heavy (non-hydrogen) atoms. The summed E-state index contributed by atoms with van der Waals surface area (Å²) in [6.45, 7) is 6.67. The van der Waals surface area contributed by atoms with Gasteiger partial charge >= 0.3 is 0 Å². The molecular formula is C14H21NO3. The normalized spacial score (nSPS) is 11.7. The first-order chi connectivity index (χ1) is 8.58. The van der Waals surface area contributed by atoms with Crippen molar-refractivity contribution in [2.45, 2.75) is 27.2 Å². The molecule has 0 saturated heterocycles. The van der Waals surface area contributed by atoms with Gasteiger partial charge in [0.15, 0.2) is 0 Å². The molecule has 0 fully saturated rings. The highest BCUT2D eigenvalue weighted by Crippen LogP contribution is 2.26. The van der Waals surface area contributed by atoms with Crippen molar-refractivity contribution in [3.05, 3.63) is 23.8 Å². The summed E-state index contributed by atoms with van der Waals surface area (Å²) in [5, 5.41) is 12.1. The SMILES string of the molecule is COc1ccc(/C(C)=N/O)c(OCCC(C)C)c1. The van der Waals surface area contributed by atoms with Crippen LogP contribution in [-0.2, 0) is 0 Å². The molecule has 0 bridgehead atoms. The number of nitrogens with zero attached hydrogens (tertiary/aromatic N) is 1. The van der Waals surface area contributed by atoms with Gasteiger partial charge in [0.05, 0.1) is 19.4 Å². The van der Waals surface area contributed by atoms with Crippen molar-refractivity contribution in [1.82, 2.24) is 0 Å². The first-order valence-electron chi connectivity index (χ1n) is 6.08. The third-order valence-electron chi connectivity index (χ3n) is 2.68. The molecule has 1 aromatic carbocycles. The molecule has 0 unspecified atom stereocenters. The van der Waals surface area contributed by atoms with Crippen LogP contribution in [0.4, 0.5) is 0 Å². The summed E-state index contributed by atoms with van der Waals surface area (Å²) in [7, 11) is 1.61. The molecule has 0 aliphatic carbocycles. The monoisotopic (exact) mass is 251 g/mol. The Morgan fingerprint density at radius 1 is 1.39 bits per heavy atom. The standard InChI is InChI=1S/C14H21NO3/c1-10(2)7-8-18-14-9-12(17-4)5-6-13(14)11(3)15-16/h5-6,9-10,16H,7-8H2,1-4H3/b15-11+. The van der Waals surface area contributed by atoms with Gasteiger partial charge in [-0.05, 0) is 31.4 Å². The molecule has 0 heterocycles. The highest BCUT2D eigenvalue weighted by molar-refractivity contribution is 6.00. The van der Waals surface area contributed by atoms with Crippen LogP contribution >= 0.6 is 0 Å². The van der Waals surface area contributed by atoms with Crippen LogP contribution in [0.2, 0.25) is 0 Å². The molecule has 0 radical (unpaired) electrons. The van der Waals surface area contributed by atoms with Gasteiger partial charge in [0, 0.05) is 11.6 Å². The molecule has 0 aliphatic heterocycles. The number of hydrogen-bond acceptors (Lipinski definition) is 4. The lowest BCUT2D eigenvalue weighted by Gasteiger charge is -2.13. The summed E-state index contributed by atoms with van der Waals surface area (Å²) in [5.41, 5.74) is 1.30. The number of methoxy groups -OCH3 is 1. The lowest BCUT2D eigenvalue weighted by molar-refractivity contribution is 0.286. The van der Waals surface area contributed by atoms with Crippen molar-refractivity contribution in [2.75, 3.05) is 13.7 Å². The smallest absolute Gasteiger partial charge is 0.132 e. The van der Waals surface area contributed by atoms with Crippen molar-refractivity contribution in [2.24, 2.45) is 11.1 Å². The highest BCUT2D eigenvalue weighted by Gasteiger charge is 2.09. The van der Waals surface area contributed by atoms with Crippen LogP contribution < -0.4 is 9.47 Å². The summed E-state index contributed by atoms with van der Waals surface area (Å²) in [5.74, 6) is 2.00. The van der Waals surface area contributed by atoms with E-state index in [-0.39, 0.29) is 0 Å². The Kier molecular flexibility index (Phi) is 5.49. The Hall–Kier alpha value is -1.71. The van der Waals surface area contributed by atoms with Gasteiger partial charge in [-0.3, -0.25) is 0 Å². The first kappa shape index (κ1) is 14.4. The fourth-order valence-corrected chi connectivity index (χ4v) is 1.51. The van der Waals surface area contributed by atoms with E-state index in [2.05, 4.69) is 19.0 Å². The summed E-state index contributed by atoms with van der Waals surface area (Å²) in [6, 6.07) is 5.46. The minimum absolute atomic E-state index is 0.525. The van der Waals surface area contributed by atoms with Gasteiger partial charge in [0.2, 0.25) is 0 Å². The number of hydrogen-bond donors (Lipinski definition) is 1. The maximum Gasteiger partial charge on any atom is 0.132 e. The first-order valence-corrected chi connectivity index (χ1v) is 6.08. The van der Waals surface area contributed by atoms with E-state index in [4.69, 9.17) is 14.7 Å². The van der Waals surface area contributed by atoms with Crippen LogP contribution in [0.15, 0.2) is 23.4 Å². The zero-order valence-corrected chi connectivity index (χ0v) is 11.4. The van der Waals surface area contributed by atoms with Crippen molar-refractivity contribution >= 4 is 5.71 Å². The van der Waals surface area contributed by atoms with E-state index in [9.17, 15) is 0 Å². The van der Waals surface area contributed by atoms with Gasteiger partial charge in [-0.25, -0.2) is 0 Å². The largest absolute Gasteiger partial charge is 0.497 e. The van der Waals surface area contributed by atoms with E-state index in [0.29, 0.717) is 24.0 Å². The molecule has 1 rings (SSSR count). The Morgan fingerprint density at radius 2 is 2.11 bits per heavy atom. The second kappa shape index (κ2) is 6.89. The topological polar surface area (TPSA) is 51.0 Å². The van der Waals surface area contributed by atoms with Crippen LogP contribution in [0.5, 0.6) is 11.5 Å². The van der Waals surface area contributed by atoms with Crippen LogP contribution in [0.1, 0.15) is 32.8 Å².